The first-order chi connectivity index (χ1) is 10.6. The van der Waals surface area contributed by atoms with Crippen molar-refractivity contribution in [2.45, 2.75) is 51.6 Å². The third kappa shape index (κ3) is 2.80. The van der Waals surface area contributed by atoms with Crippen LogP contribution in [0.15, 0.2) is 41.3 Å². The molecule has 22 heavy (non-hydrogen) atoms. The minimum atomic E-state index is 0.00776. The molecular formula is C19H23NO2. The Morgan fingerprint density at radius 3 is 2.68 bits per heavy atom. The molecule has 0 fully saturated rings. The number of hydrogen-bond acceptors (Lipinski definition) is 2. The van der Waals surface area contributed by atoms with Gasteiger partial charge >= 0.3 is 0 Å². The number of H-pyrrole nitrogens is 1. The van der Waals surface area contributed by atoms with Crippen LogP contribution in [0.2, 0.25) is 0 Å². The number of fused-ring (bicyclic) bond motifs is 1. The smallest absolute Gasteiger partial charge is 0.251 e. The fraction of sp³-hybridized carbons (Fsp3) is 0.421. The van der Waals surface area contributed by atoms with E-state index < -0.39 is 0 Å². The number of hydrogen-bond donors (Lipinski definition) is 1. The maximum Gasteiger partial charge on any atom is 0.251 e. The van der Waals surface area contributed by atoms with Gasteiger partial charge in [-0.05, 0) is 35.4 Å². The molecule has 116 valence electrons. The van der Waals surface area contributed by atoms with Gasteiger partial charge < -0.3 is 9.72 Å². The van der Waals surface area contributed by atoms with E-state index in [2.05, 4.69) is 44.0 Å². The van der Waals surface area contributed by atoms with E-state index in [1.165, 1.54) is 11.1 Å². The molecular weight excluding hydrogens is 274 g/mol. The van der Waals surface area contributed by atoms with Crippen molar-refractivity contribution in [1.82, 2.24) is 4.98 Å². The average Bonchev–Trinajstić information content (AvgIpc) is 2.89. The molecule has 2 heterocycles. The van der Waals surface area contributed by atoms with Gasteiger partial charge in [-0.15, -0.1) is 0 Å². The largest absolute Gasteiger partial charge is 0.489 e. The Hall–Kier alpha value is -2.03. The van der Waals surface area contributed by atoms with E-state index in [9.17, 15) is 4.79 Å². The molecule has 3 heteroatoms. The summed E-state index contributed by atoms with van der Waals surface area (Å²) < 4.78 is 6.22. The Morgan fingerprint density at radius 2 is 1.95 bits per heavy atom. The van der Waals surface area contributed by atoms with Crippen LogP contribution in [0.4, 0.5) is 0 Å². The van der Waals surface area contributed by atoms with Gasteiger partial charge in [0.2, 0.25) is 0 Å². The fourth-order valence-corrected chi connectivity index (χ4v) is 3.29. The summed E-state index contributed by atoms with van der Waals surface area (Å²) in [4.78, 5) is 14.7. The van der Waals surface area contributed by atoms with Crippen molar-refractivity contribution in [3.05, 3.63) is 63.6 Å². The second-order valence-corrected chi connectivity index (χ2v) is 6.53. The first-order valence-corrected chi connectivity index (χ1v) is 8.02. The second kappa shape index (κ2) is 5.99. The predicted octanol–water partition coefficient (Wildman–Crippen LogP) is 4.00. The van der Waals surface area contributed by atoms with Gasteiger partial charge in [-0.25, -0.2) is 0 Å². The Kier molecular flexibility index (Phi) is 4.06. The molecule has 3 nitrogen and oxygen atoms in total. The van der Waals surface area contributed by atoms with Crippen LogP contribution in [0.3, 0.4) is 0 Å². The summed E-state index contributed by atoms with van der Waals surface area (Å²) in [6.07, 6.45) is 3.63. The number of nitrogens with one attached hydrogen (secondary N) is 1. The lowest BCUT2D eigenvalue weighted by Gasteiger charge is -2.17. The van der Waals surface area contributed by atoms with Crippen molar-refractivity contribution < 1.29 is 4.74 Å². The first-order valence-electron chi connectivity index (χ1n) is 8.02. The summed E-state index contributed by atoms with van der Waals surface area (Å²) in [6, 6.07) is 10.2. The molecule has 3 rings (SSSR count). The summed E-state index contributed by atoms with van der Waals surface area (Å²) in [6.45, 7) is 6.48. The highest BCUT2D eigenvalue weighted by Crippen LogP contribution is 2.38. The number of rotatable bonds is 4. The van der Waals surface area contributed by atoms with Crippen molar-refractivity contribution in [1.29, 1.82) is 0 Å². The normalized spacial score (nSPS) is 18.1. The van der Waals surface area contributed by atoms with Crippen LogP contribution in [0, 0.1) is 0 Å². The number of benzene rings is 1. The van der Waals surface area contributed by atoms with Gasteiger partial charge in [-0.1, -0.05) is 45.0 Å². The zero-order valence-electron chi connectivity index (χ0n) is 13.4. The average molecular weight is 297 g/mol. The summed E-state index contributed by atoms with van der Waals surface area (Å²) in [7, 11) is 0. The molecule has 1 N–H and O–H groups in total. The number of aromatic amines is 1. The molecule has 0 bridgehead atoms. The summed E-state index contributed by atoms with van der Waals surface area (Å²) in [5, 5.41) is 0. The lowest BCUT2D eigenvalue weighted by atomic mass is 9.93. The molecule has 2 atom stereocenters. The number of ether oxygens (including phenoxy) is 1. The molecule has 0 radical (unpaired) electrons. The molecule has 0 saturated carbocycles. The van der Waals surface area contributed by atoms with Crippen molar-refractivity contribution in [3.8, 4) is 5.75 Å². The van der Waals surface area contributed by atoms with Crippen LogP contribution in [0.5, 0.6) is 5.75 Å². The van der Waals surface area contributed by atoms with Crippen LogP contribution in [0.25, 0.3) is 0 Å². The maximum absolute atomic E-state index is 11.9. The molecule has 1 aromatic heterocycles. The van der Waals surface area contributed by atoms with Crippen LogP contribution in [-0.4, -0.2) is 11.1 Å². The lowest BCUT2D eigenvalue weighted by Crippen LogP contribution is -2.20. The summed E-state index contributed by atoms with van der Waals surface area (Å²) in [5.74, 6) is 1.71. The van der Waals surface area contributed by atoms with E-state index >= 15 is 0 Å². The molecule has 1 aliphatic rings. The van der Waals surface area contributed by atoms with Crippen LogP contribution >= 0.6 is 0 Å². The fourth-order valence-electron chi connectivity index (χ4n) is 3.29. The van der Waals surface area contributed by atoms with Gasteiger partial charge in [0.25, 0.3) is 5.56 Å². The van der Waals surface area contributed by atoms with E-state index in [0.29, 0.717) is 5.92 Å². The first kappa shape index (κ1) is 14.9. The Balaban J connectivity index is 1.76. The van der Waals surface area contributed by atoms with E-state index in [0.717, 1.165) is 24.2 Å². The van der Waals surface area contributed by atoms with Crippen molar-refractivity contribution >= 4 is 0 Å². The standard InChI is InChI=1S/C19H23NO2/c1-12(2)16-7-4-6-14-11-15(22-18(14)16)10-13(3)17-8-5-9-20-19(17)21/h4-9,12-13,15H,10-11H2,1-3H3,(H,20,21). The Morgan fingerprint density at radius 1 is 1.18 bits per heavy atom. The second-order valence-electron chi connectivity index (χ2n) is 6.53. The quantitative estimate of drug-likeness (QED) is 0.927. The Bertz CT molecular complexity index is 717. The zero-order chi connectivity index (χ0) is 15.7. The number of pyridine rings is 1. The Labute approximate surface area is 131 Å². The monoisotopic (exact) mass is 297 g/mol. The SMILES string of the molecule is CC(C)c1cccc2c1OC(CC(C)c1ccc[nH]c1=O)C2. The predicted molar refractivity (Wildman–Crippen MR) is 88.7 cm³/mol. The molecule has 0 aliphatic carbocycles. The van der Waals surface area contributed by atoms with Gasteiger partial charge in [0.05, 0.1) is 0 Å². The number of para-hydroxylation sites is 1. The van der Waals surface area contributed by atoms with E-state index in [1.807, 2.05) is 12.1 Å². The third-order valence-electron chi connectivity index (χ3n) is 4.48. The maximum atomic E-state index is 11.9. The van der Waals surface area contributed by atoms with Crippen LogP contribution in [0.1, 0.15) is 55.7 Å². The molecule has 2 unspecified atom stereocenters. The van der Waals surface area contributed by atoms with Gasteiger partial charge in [0, 0.05) is 18.2 Å². The van der Waals surface area contributed by atoms with Gasteiger partial charge in [-0.2, -0.15) is 0 Å². The molecule has 2 aromatic rings. The lowest BCUT2D eigenvalue weighted by molar-refractivity contribution is 0.210. The van der Waals surface area contributed by atoms with Crippen molar-refractivity contribution in [3.63, 3.8) is 0 Å². The van der Waals surface area contributed by atoms with Crippen LogP contribution in [-0.2, 0) is 6.42 Å². The molecule has 0 saturated heterocycles. The minimum absolute atomic E-state index is 0.00776. The number of aromatic nitrogens is 1. The van der Waals surface area contributed by atoms with E-state index in [-0.39, 0.29) is 17.6 Å². The van der Waals surface area contributed by atoms with Gasteiger partial charge in [0.1, 0.15) is 11.9 Å². The topological polar surface area (TPSA) is 42.1 Å². The van der Waals surface area contributed by atoms with E-state index in [1.54, 1.807) is 6.20 Å². The van der Waals surface area contributed by atoms with Crippen LogP contribution < -0.4 is 10.3 Å². The highest BCUT2D eigenvalue weighted by atomic mass is 16.5. The van der Waals surface area contributed by atoms with Crippen molar-refractivity contribution in [2.24, 2.45) is 0 Å². The van der Waals surface area contributed by atoms with Gasteiger partial charge in [0.15, 0.2) is 0 Å². The zero-order valence-corrected chi connectivity index (χ0v) is 13.4. The molecule has 0 amide bonds. The molecule has 1 aromatic carbocycles. The van der Waals surface area contributed by atoms with Gasteiger partial charge in [-0.3, -0.25) is 4.79 Å². The van der Waals surface area contributed by atoms with Crippen molar-refractivity contribution in [2.75, 3.05) is 0 Å². The highest BCUT2D eigenvalue weighted by Gasteiger charge is 2.28. The minimum Gasteiger partial charge on any atom is -0.489 e. The molecule has 0 spiro atoms. The third-order valence-corrected chi connectivity index (χ3v) is 4.48. The highest BCUT2D eigenvalue weighted by molar-refractivity contribution is 5.46. The van der Waals surface area contributed by atoms with E-state index in [4.69, 9.17) is 4.74 Å². The summed E-state index contributed by atoms with van der Waals surface area (Å²) in [5.41, 5.74) is 3.43. The molecule has 1 aliphatic heterocycles. The summed E-state index contributed by atoms with van der Waals surface area (Å²) >= 11 is 0.